The molecular weight excluding hydrogens is 266 g/mol. The summed E-state index contributed by atoms with van der Waals surface area (Å²) in [6.45, 7) is 0.574. The minimum Gasteiger partial charge on any atom is -0.507 e. The van der Waals surface area contributed by atoms with Crippen LogP contribution in [0, 0.1) is 0 Å². The number of hydrogen-bond donors (Lipinski definition) is 2. The van der Waals surface area contributed by atoms with E-state index < -0.39 is 10.0 Å². The van der Waals surface area contributed by atoms with Crippen molar-refractivity contribution >= 4 is 10.0 Å². The predicted octanol–water partition coefficient (Wildman–Crippen LogP) is 1.63. The molecule has 0 radical (unpaired) electrons. The van der Waals surface area contributed by atoms with Crippen LogP contribution >= 0.6 is 0 Å². The van der Waals surface area contributed by atoms with E-state index >= 15 is 0 Å². The van der Waals surface area contributed by atoms with Gasteiger partial charge in [0.25, 0.3) is 0 Å². The number of hydrogen-bond acceptors (Lipinski definition) is 4. The number of nitrogens with one attached hydrogen (secondary N) is 1. The van der Waals surface area contributed by atoms with E-state index in [1.807, 2.05) is 0 Å². The normalized spacial score (nSPS) is 16.8. The second-order valence-corrected chi connectivity index (χ2v) is 6.38. The first-order valence-electron chi connectivity index (χ1n) is 6.49. The average molecular weight is 285 g/mol. The number of benzene rings is 1. The van der Waals surface area contributed by atoms with Crippen molar-refractivity contribution in [2.45, 2.75) is 36.7 Å². The monoisotopic (exact) mass is 285 g/mol. The van der Waals surface area contributed by atoms with E-state index in [4.69, 9.17) is 4.74 Å². The third-order valence-corrected chi connectivity index (χ3v) is 4.71. The summed E-state index contributed by atoms with van der Waals surface area (Å²) in [7, 11) is -3.67. The van der Waals surface area contributed by atoms with Gasteiger partial charge in [0.05, 0.1) is 12.7 Å². The van der Waals surface area contributed by atoms with Gasteiger partial charge in [0, 0.05) is 6.54 Å². The Hall–Kier alpha value is -1.11. The minimum atomic E-state index is -3.67. The van der Waals surface area contributed by atoms with Gasteiger partial charge in [-0.1, -0.05) is 25.0 Å². The van der Waals surface area contributed by atoms with Crippen LogP contribution in [0.15, 0.2) is 29.2 Å². The molecule has 0 spiro atoms. The second-order valence-electron chi connectivity index (χ2n) is 4.64. The molecule has 0 amide bonds. The zero-order chi connectivity index (χ0) is 13.7. The van der Waals surface area contributed by atoms with Gasteiger partial charge in [-0.2, -0.15) is 0 Å². The van der Waals surface area contributed by atoms with Gasteiger partial charge in [-0.25, -0.2) is 13.1 Å². The number of sulfonamides is 1. The smallest absolute Gasteiger partial charge is 0.244 e. The third kappa shape index (κ3) is 3.92. The number of para-hydroxylation sites is 1. The number of aromatic hydroxyl groups is 1. The van der Waals surface area contributed by atoms with Crippen LogP contribution in [0.2, 0.25) is 0 Å². The molecule has 1 aromatic rings. The number of phenolic OH excluding ortho intramolecular Hbond substituents is 1. The van der Waals surface area contributed by atoms with Gasteiger partial charge in [0.15, 0.2) is 0 Å². The molecular formula is C13H19NO4S. The highest BCUT2D eigenvalue weighted by molar-refractivity contribution is 7.89. The molecule has 2 N–H and O–H groups in total. The Bertz CT molecular complexity index is 509. The highest BCUT2D eigenvalue weighted by Gasteiger charge is 2.18. The lowest BCUT2D eigenvalue weighted by Crippen LogP contribution is -2.28. The highest BCUT2D eigenvalue weighted by atomic mass is 32.2. The van der Waals surface area contributed by atoms with Crippen molar-refractivity contribution in [1.82, 2.24) is 4.72 Å². The summed E-state index contributed by atoms with van der Waals surface area (Å²) in [5, 5.41) is 9.52. The van der Waals surface area contributed by atoms with Gasteiger partial charge < -0.3 is 9.84 Å². The van der Waals surface area contributed by atoms with E-state index in [1.54, 1.807) is 12.1 Å². The van der Waals surface area contributed by atoms with Gasteiger partial charge in [-0.05, 0) is 25.0 Å². The molecule has 1 aliphatic rings. The van der Waals surface area contributed by atoms with Crippen molar-refractivity contribution in [1.29, 1.82) is 0 Å². The topological polar surface area (TPSA) is 75.6 Å². The molecule has 1 saturated carbocycles. The van der Waals surface area contributed by atoms with E-state index in [0.717, 1.165) is 12.8 Å². The fourth-order valence-electron chi connectivity index (χ4n) is 2.22. The summed E-state index contributed by atoms with van der Waals surface area (Å²) in [6, 6.07) is 5.87. The number of ether oxygens (including phenoxy) is 1. The fourth-order valence-corrected chi connectivity index (χ4v) is 3.33. The number of rotatable bonds is 6. The third-order valence-electron chi connectivity index (χ3n) is 3.20. The summed E-state index contributed by atoms with van der Waals surface area (Å²) >= 11 is 0. The summed E-state index contributed by atoms with van der Waals surface area (Å²) in [4.78, 5) is -0.101. The van der Waals surface area contributed by atoms with Crippen LogP contribution in [-0.2, 0) is 14.8 Å². The quantitative estimate of drug-likeness (QED) is 0.779. The van der Waals surface area contributed by atoms with Crippen LogP contribution in [0.3, 0.4) is 0 Å². The molecule has 0 aromatic heterocycles. The minimum absolute atomic E-state index is 0.101. The Labute approximate surface area is 113 Å². The molecule has 0 bridgehead atoms. The van der Waals surface area contributed by atoms with Crippen LogP contribution < -0.4 is 4.72 Å². The first kappa shape index (κ1) is 14.3. The predicted molar refractivity (Wildman–Crippen MR) is 71.5 cm³/mol. The first-order valence-corrected chi connectivity index (χ1v) is 7.97. The Morgan fingerprint density at radius 3 is 2.63 bits per heavy atom. The lowest BCUT2D eigenvalue weighted by Gasteiger charge is -2.12. The number of phenols is 1. The largest absolute Gasteiger partial charge is 0.507 e. The van der Waals surface area contributed by atoms with E-state index in [0.29, 0.717) is 6.61 Å². The standard InChI is InChI=1S/C13H19NO4S/c15-12-7-3-4-8-13(12)19(16,17)14-9-10-18-11-5-1-2-6-11/h3-4,7-8,11,14-15H,1-2,5-6,9-10H2. The maximum absolute atomic E-state index is 11.9. The van der Waals surface area contributed by atoms with E-state index in [-0.39, 0.29) is 23.3 Å². The molecule has 1 fully saturated rings. The molecule has 5 nitrogen and oxygen atoms in total. The van der Waals surface area contributed by atoms with Crippen molar-refractivity contribution < 1.29 is 18.3 Å². The van der Waals surface area contributed by atoms with Gasteiger partial charge in [-0.3, -0.25) is 0 Å². The van der Waals surface area contributed by atoms with Crippen LogP contribution in [0.5, 0.6) is 5.75 Å². The summed E-state index contributed by atoms with van der Waals surface area (Å²) < 4.78 is 31.8. The van der Waals surface area contributed by atoms with Crippen molar-refractivity contribution in [3.8, 4) is 5.75 Å². The van der Waals surface area contributed by atoms with Crippen LogP contribution in [0.4, 0.5) is 0 Å². The Kier molecular flexibility index (Phi) is 4.79. The van der Waals surface area contributed by atoms with E-state index in [2.05, 4.69) is 4.72 Å². The maximum atomic E-state index is 11.9. The lowest BCUT2D eigenvalue weighted by molar-refractivity contribution is 0.0626. The van der Waals surface area contributed by atoms with Crippen LogP contribution in [-0.4, -0.2) is 32.8 Å². The molecule has 2 rings (SSSR count). The molecule has 0 saturated heterocycles. The molecule has 1 aromatic carbocycles. The molecule has 0 aliphatic heterocycles. The highest BCUT2D eigenvalue weighted by Crippen LogP contribution is 2.22. The Morgan fingerprint density at radius 2 is 1.95 bits per heavy atom. The molecule has 0 heterocycles. The Balaban J connectivity index is 1.82. The maximum Gasteiger partial charge on any atom is 0.244 e. The molecule has 6 heteroatoms. The van der Waals surface area contributed by atoms with Crippen molar-refractivity contribution in [2.75, 3.05) is 13.2 Å². The van der Waals surface area contributed by atoms with Crippen LogP contribution in [0.1, 0.15) is 25.7 Å². The van der Waals surface area contributed by atoms with Gasteiger partial charge in [-0.15, -0.1) is 0 Å². The SMILES string of the molecule is O=S(=O)(NCCOC1CCCC1)c1ccccc1O. The van der Waals surface area contributed by atoms with E-state index in [9.17, 15) is 13.5 Å². The van der Waals surface area contributed by atoms with Gasteiger partial charge in [0.1, 0.15) is 10.6 Å². The fraction of sp³-hybridized carbons (Fsp3) is 0.538. The zero-order valence-corrected chi connectivity index (χ0v) is 11.5. The first-order chi connectivity index (χ1) is 9.09. The zero-order valence-electron chi connectivity index (χ0n) is 10.7. The van der Waals surface area contributed by atoms with Crippen molar-refractivity contribution in [3.63, 3.8) is 0 Å². The van der Waals surface area contributed by atoms with Crippen LogP contribution in [0.25, 0.3) is 0 Å². The average Bonchev–Trinajstić information content (AvgIpc) is 2.88. The molecule has 19 heavy (non-hydrogen) atoms. The molecule has 106 valence electrons. The lowest BCUT2D eigenvalue weighted by atomic mass is 10.3. The van der Waals surface area contributed by atoms with Crippen molar-refractivity contribution in [2.24, 2.45) is 0 Å². The molecule has 1 aliphatic carbocycles. The summed E-state index contributed by atoms with van der Waals surface area (Å²) in [5.74, 6) is -0.244. The molecule has 0 atom stereocenters. The summed E-state index contributed by atoms with van der Waals surface area (Å²) in [6.07, 6.45) is 4.77. The van der Waals surface area contributed by atoms with Crippen molar-refractivity contribution in [3.05, 3.63) is 24.3 Å². The second kappa shape index (κ2) is 6.36. The van der Waals surface area contributed by atoms with Gasteiger partial charge in [0.2, 0.25) is 10.0 Å². The summed E-state index contributed by atoms with van der Waals surface area (Å²) in [5.41, 5.74) is 0. The molecule has 0 unspecified atom stereocenters. The van der Waals surface area contributed by atoms with E-state index in [1.165, 1.54) is 25.0 Å². The Morgan fingerprint density at radius 1 is 1.26 bits per heavy atom. The van der Waals surface area contributed by atoms with Gasteiger partial charge >= 0.3 is 0 Å².